The van der Waals surface area contributed by atoms with E-state index in [1.54, 1.807) is 24.3 Å². The molecule has 0 N–H and O–H groups in total. The van der Waals surface area contributed by atoms with Crippen LogP contribution in [-0.2, 0) is 0 Å². The van der Waals surface area contributed by atoms with Crippen molar-refractivity contribution in [3.63, 3.8) is 0 Å². The van der Waals surface area contributed by atoms with E-state index in [0.29, 0.717) is 12.4 Å². The van der Waals surface area contributed by atoms with Crippen molar-refractivity contribution in [1.29, 1.82) is 5.26 Å². The third-order valence-electron chi connectivity index (χ3n) is 2.73. The van der Waals surface area contributed by atoms with Crippen LogP contribution in [0.1, 0.15) is 13.3 Å². The van der Waals surface area contributed by atoms with Crippen molar-refractivity contribution in [2.24, 2.45) is 10.2 Å². The van der Waals surface area contributed by atoms with Crippen LogP contribution >= 0.6 is 0 Å². The molecule has 112 valence electrons. The van der Waals surface area contributed by atoms with Crippen molar-refractivity contribution < 1.29 is 9.47 Å². The first-order chi connectivity index (χ1) is 10.8. The highest BCUT2D eigenvalue weighted by atomic mass is 16.5. The first-order valence-electron chi connectivity index (χ1n) is 7.06. The first-order valence-corrected chi connectivity index (χ1v) is 7.06. The Morgan fingerprint density at radius 3 is 1.82 bits per heavy atom. The fraction of sp³-hybridized carbons (Fsp3) is 0.235. The summed E-state index contributed by atoms with van der Waals surface area (Å²) < 4.78 is 10.7. The Bertz CT molecular complexity index is 643. The van der Waals surface area contributed by atoms with Gasteiger partial charge in [-0.1, -0.05) is 6.92 Å². The second-order valence-corrected chi connectivity index (χ2v) is 4.48. The van der Waals surface area contributed by atoms with Gasteiger partial charge in [-0.2, -0.15) is 15.5 Å². The minimum Gasteiger partial charge on any atom is -0.494 e. The zero-order chi connectivity index (χ0) is 15.6. The van der Waals surface area contributed by atoms with Gasteiger partial charge in [-0.15, -0.1) is 0 Å². The SMILES string of the molecule is CCCOc1ccc(N=Nc2ccc(OCC#N)cc2)cc1. The van der Waals surface area contributed by atoms with E-state index in [0.717, 1.165) is 23.5 Å². The lowest BCUT2D eigenvalue weighted by Gasteiger charge is -2.03. The van der Waals surface area contributed by atoms with Gasteiger partial charge in [-0.05, 0) is 55.0 Å². The summed E-state index contributed by atoms with van der Waals surface area (Å²) in [5, 5.41) is 16.8. The maximum atomic E-state index is 8.44. The van der Waals surface area contributed by atoms with Crippen molar-refractivity contribution in [2.45, 2.75) is 13.3 Å². The minimum absolute atomic E-state index is 0.0350. The lowest BCUT2D eigenvalue weighted by atomic mass is 10.3. The molecule has 0 bridgehead atoms. The van der Waals surface area contributed by atoms with Crippen molar-refractivity contribution >= 4 is 11.4 Å². The molecule has 0 aromatic heterocycles. The number of ether oxygens (including phenoxy) is 2. The summed E-state index contributed by atoms with van der Waals surface area (Å²) in [6, 6.07) is 16.5. The monoisotopic (exact) mass is 295 g/mol. The average molecular weight is 295 g/mol. The van der Waals surface area contributed by atoms with Crippen LogP contribution in [0.4, 0.5) is 11.4 Å². The summed E-state index contributed by atoms with van der Waals surface area (Å²) in [5.41, 5.74) is 1.48. The van der Waals surface area contributed by atoms with E-state index in [9.17, 15) is 0 Å². The molecule has 0 amide bonds. The maximum Gasteiger partial charge on any atom is 0.174 e. The number of azo groups is 1. The van der Waals surface area contributed by atoms with Gasteiger partial charge in [-0.25, -0.2) is 0 Å². The summed E-state index contributed by atoms with van der Waals surface area (Å²) in [4.78, 5) is 0. The molecular weight excluding hydrogens is 278 g/mol. The molecule has 0 heterocycles. The molecule has 0 aliphatic carbocycles. The summed E-state index contributed by atoms with van der Waals surface area (Å²) in [7, 11) is 0. The van der Waals surface area contributed by atoms with Gasteiger partial charge in [0.1, 0.15) is 17.6 Å². The van der Waals surface area contributed by atoms with Gasteiger partial charge in [-0.3, -0.25) is 0 Å². The quantitative estimate of drug-likeness (QED) is 0.689. The van der Waals surface area contributed by atoms with Gasteiger partial charge in [0.05, 0.1) is 18.0 Å². The number of hydrogen-bond acceptors (Lipinski definition) is 5. The van der Waals surface area contributed by atoms with E-state index in [2.05, 4.69) is 17.2 Å². The molecule has 0 unspecified atom stereocenters. The Kier molecular flexibility index (Phi) is 5.94. The van der Waals surface area contributed by atoms with E-state index >= 15 is 0 Å². The first kappa shape index (κ1) is 15.5. The molecular formula is C17H17N3O2. The highest BCUT2D eigenvalue weighted by Gasteiger charge is 1.96. The number of nitrogens with zero attached hydrogens (tertiary/aromatic N) is 3. The zero-order valence-corrected chi connectivity index (χ0v) is 12.4. The second kappa shape index (κ2) is 8.42. The molecule has 0 radical (unpaired) electrons. The van der Waals surface area contributed by atoms with Gasteiger partial charge in [0.15, 0.2) is 6.61 Å². The Balaban J connectivity index is 1.94. The normalized spacial score (nSPS) is 10.4. The molecule has 0 atom stereocenters. The van der Waals surface area contributed by atoms with E-state index in [1.807, 2.05) is 30.3 Å². The Hall–Kier alpha value is -2.87. The smallest absolute Gasteiger partial charge is 0.174 e. The molecule has 22 heavy (non-hydrogen) atoms. The van der Waals surface area contributed by atoms with Gasteiger partial charge in [0.2, 0.25) is 0 Å². The molecule has 0 saturated carbocycles. The molecule has 0 aliphatic heterocycles. The van der Waals surface area contributed by atoms with Crippen LogP contribution in [0.25, 0.3) is 0 Å². The van der Waals surface area contributed by atoms with E-state index in [4.69, 9.17) is 14.7 Å². The van der Waals surface area contributed by atoms with Crippen LogP contribution in [0.2, 0.25) is 0 Å². The Morgan fingerprint density at radius 2 is 1.36 bits per heavy atom. The highest BCUT2D eigenvalue weighted by molar-refractivity contribution is 5.44. The molecule has 0 spiro atoms. The van der Waals surface area contributed by atoms with Crippen LogP contribution < -0.4 is 9.47 Å². The Morgan fingerprint density at radius 1 is 0.864 bits per heavy atom. The van der Waals surface area contributed by atoms with Gasteiger partial charge in [0, 0.05) is 0 Å². The number of benzene rings is 2. The minimum atomic E-state index is 0.0350. The van der Waals surface area contributed by atoms with Crippen LogP contribution in [0.15, 0.2) is 58.8 Å². The van der Waals surface area contributed by atoms with E-state index in [-0.39, 0.29) is 6.61 Å². The third kappa shape index (κ3) is 4.91. The molecule has 5 heteroatoms. The average Bonchev–Trinajstić information content (AvgIpc) is 2.58. The summed E-state index contributed by atoms with van der Waals surface area (Å²) >= 11 is 0. The van der Waals surface area contributed by atoms with Gasteiger partial charge < -0.3 is 9.47 Å². The second-order valence-electron chi connectivity index (χ2n) is 4.48. The van der Waals surface area contributed by atoms with Crippen molar-refractivity contribution in [3.8, 4) is 17.6 Å². The zero-order valence-electron chi connectivity index (χ0n) is 12.4. The molecule has 0 fully saturated rings. The fourth-order valence-electron chi connectivity index (χ4n) is 1.67. The lowest BCUT2D eigenvalue weighted by Crippen LogP contribution is -1.93. The van der Waals surface area contributed by atoms with Gasteiger partial charge >= 0.3 is 0 Å². The van der Waals surface area contributed by atoms with Crippen LogP contribution in [-0.4, -0.2) is 13.2 Å². The standard InChI is InChI=1S/C17H17N3O2/c1-2-12-21-16-7-3-14(4-8-16)19-20-15-5-9-17(10-6-15)22-13-11-18/h3-10H,2,12-13H2,1H3. The molecule has 2 aromatic carbocycles. The number of nitriles is 1. The fourth-order valence-corrected chi connectivity index (χ4v) is 1.67. The molecule has 5 nitrogen and oxygen atoms in total. The third-order valence-corrected chi connectivity index (χ3v) is 2.73. The molecule has 0 aliphatic rings. The van der Waals surface area contributed by atoms with Crippen molar-refractivity contribution in [3.05, 3.63) is 48.5 Å². The summed E-state index contributed by atoms with van der Waals surface area (Å²) in [6.07, 6.45) is 0.982. The Labute approximate surface area is 129 Å². The maximum absolute atomic E-state index is 8.44. The predicted octanol–water partition coefficient (Wildman–Crippen LogP) is 4.79. The highest BCUT2D eigenvalue weighted by Crippen LogP contribution is 2.23. The van der Waals surface area contributed by atoms with E-state index in [1.165, 1.54) is 0 Å². The van der Waals surface area contributed by atoms with Crippen molar-refractivity contribution in [2.75, 3.05) is 13.2 Å². The van der Waals surface area contributed by atoms with Gasteiger partial charge in [0.25, 0.3) is 0 Å². The molecule has 2 rings (SSSR count). The van der Waals surface area contributed by atoms with Crippen molar-refractivity contribution in [1.82, 2.24) is 0 Å². The number of rotatable bonds is 7. The van der Waals surface area contributed by atoms with Crippen LogP contribution in [0.3, 0.4) is 0 Å². The summed E-state index contributed by atoms with van der Waals surface area (Å²) in [6.45, 7) is 2.81. The lowest BCUT2D eigenvalue weighted by molar-refractivity contribution is 0.317. The van der Waals surface area contributed by atoms with E-state index < -0.39 is 0 Å². The van der Waals surface area contributed by atoms with Crippen LogP contribution in [0, 0.1) is 11.3 Å². The van der Waals surface area contributed by atoms with Crippen LogP contribution in [0.5, 0.6) is 11.5 Å². The topological polar surface area (TPSA) is 67.0 Å². The molecule has 0 saturated heterocycles. The summed E-state index contributed by atoms with van der Waals surface area (Å²) in [5.74, 6) is 1.47. The molecule has 2 aromatic rings. The number of hydrogen-bond donors (Lipinski definition) is 0. The largest absolute Gasteiger partial charge is 0.494 e. The predicted molar refractivity (Wildman–Crippen MR) is 84.0 cm³/mol.